The van der Waals surface area contributed by atoms with Gasteiger partial charge in [-0.25, -0.2) is 13.6 Å². The van der Waals surface area contributed by atoms with Gasteiger partial charge in [0.2, 0.25) is 15.9 Å². The first-order chi connectivity index (χ1) is 11.8. The molecule has 0 radical (unpaired) electrons. The Labute approximate surface area is 145 Å². The van der Waals surface area contributed by atoms with Crippen molar-refractivity contribution in [2.24, 2.45) is 5.14 Å². The quantitative estimate of drug-likeness (QED) is 0.727. The third-order valence-electron chi connectivity index (χ3n) is 3.88. The first kappa shape index (κ1) is 17.1. The first-order valence-electron chi connectivity index (χ1n) is 7.68. The van der Waals surface area contributed by atoms with Gasteiger partial charge in [0.05, 0.1) is 23.2 Å². The van der Waals surface area contributed by atoms with Crippen LogP contribution < -0.4 is 10.5 Å². The molecule has 8 heteroatoms. The average molecular weight is 358 g/mol. The number of rotatable bonds is 5. The number of nitrogens with zero attached hydrogens (tertiary/aromatic N) is 2. The number of amides is 1. The molecule has 1 aromatic heterocycles. The first-order valence-corrected chi connectivity index (χ1v) is 9.23. The van der Waals surface area contributed by atoms with E-state index in [9.17, 15) is 13.2 Å². The number of hydrogen-bond acceptors (Lipinski definition) is 4. The van der Waals surface area contributed by atoms with Crippen LogP contribution in [-0.4, -0.2) is 24.1 Å². The van der Waals surface area contributed by atoms with Crippen molar-refractivity contribution < 1.29 is 13.2 Å². The molecule has 25 heavy (non-hydrogen) atoms. The van der Waals surface area contributed by atoms with Crippen molar-refractivity contribution >= 4 is 32.5 Å². The van der Waals surface area contributed by atoms with Crippen molar-refractivity contribution in [3.63, 3.8) is 0 Å². The molecule has 0 spiro atoms. The fraction of sp³-hybridized carbons (Fsp3) is 0.176. The molecular weight excluding hydrogens is 340 g/mol. The molecule has 0 unspecified atom stereocenters. The SMILES string of the molecule is Cc1cccc2cnn(CCC(=O)Nc3ccc(S(N)(=O)=O)cc3)c12. The summed E-state index contributed by atoms with van der Waals surface area (Å²) in [5, 5.41) is 13.1. The average Bonchev–Trinajstić information content (AvgIpc) is 2.97. The molecule has 3 N–H and O–H groups in total. The zero-order valence-corrected chi connectivity index (χ0v) is 14.5. The Morgan fingerprint density at radius 2 is 1.92 bits per heavy atom. The molecule has 3 rings (SSSR count). The molecule has 0 saturated carbocycles. The highest BCUT2D eigenvalue weighted by atomic mass is 32.2. The van der Waals surface area contributed by atoms with Gasteiger partial charge in [-0.15, -0.1) is 0 Å². The van der Waals surface area contributed by atoms with Crippen LogP contribution in [0.2, 0.25) is 0 Å². The van der Waals surface area contributed by atoms with Crippen LogP contribution in [0.1, 0.15) is 12.0 Å². The Hall–Kier alpha value is -2.71. The highest BCUT2D eigenvalue weighted by Crippen LogP contribution is 2.18. The van der Waals surface area contributed by atoms with Crippen molar-refractivity contribution in [1.82, 2.24) is 9.78 Å². The number of carbonyl (C=O) groups excluding carboxylic acids is 1. The Morgan fingerprint density at radius 3 is 2.60 bits per heavy atom. The van der Waals surface area contributed by atoms with Gasteiger partial charge < -0.3 is 5.32 Å². The number of primary sulfonamides is 1. The van der Waals surface area contributed by atoms with E-state index < -0.39 is 10.0 Å². The number of aromatic nitrogens is 2. The zero-order valence-electron chi connectivity index (χ0n) is 13.6. The molecule has 3 aromatic rings. The standard InChI is InChI=1S/C17H18N4O3S/c1-12-3-2-4-13-11-19-21(17(12)13)10-9-16(22)20-14-5-7-15(8-6-14)25(18,23)24/h2-8,11H,9-10H2,1H3,(H,20,22)(H2,18,23,24). The number of fused-ring (bicyclic) bond motifs is 1. The Balaban J connectivity index is 1.65. The summed E-state index contributed by atoms with van der Waals surface area (Å²) >= 11 is 0. The summed E-state index contributed by atoms with van der Waals surface area (Å²) in [5.41, 5.74) is 2.64. The zero-order chi connectivity index (χ0) is 18.0. The molecule has 7 nitrogen and oxygen atoms in total. The summed E-state index contributed by atoms with van der Waals surface area (Å²) in [4.78, 5) is 12.1. The van der Waals surface area contributed by atoms with Gasteiger partial charge in [-0.1, -0.05) is 18.2 Å². The summed E-state index contributed by atoms with van der Waals surface area (Å²) < 4.78 is 24.2. The maximum absolute atomic E-state index is 12.1. The molecule has 0 bridgehead atoms. The van der Waals surface area contributed by atoms with Gasteiger partial charge in [0.1, 0.15) is 0 Å². The third kappa shape index (κ3) is 3.86. The van der Waals surface area contributed by atoms with Gasteiger partial charge >= 0.3 is 0 Å². The van der Waals surface area contributed by atoms with E-state index in [0.717, 1.165) is 16.5 Å². The van der Waals surface area contributed by atoms with Gasteiger partial charge in [0, 0.05) is 17.5 Å². The Morgan fingerprint density at radius 1 is 1.20 bits per heavy atom. The molecule has 130 valence electrons. The van der Waals surface area contributed by atoms with Crippen LogP contribution >= 0.6 is 0 Å². The number of carbonyl (C=O) groups is 1. The molecule has 0 atom stereocenters. The summed E-state index contributed by atoms with van der Waals surface area (Å²) in [6, 6.07) is 11.7. The molecule has 0 fully saturated rings. The van der Waals surface area contributed by atoms with Gasteiger partial charge in [-0.3, -0.25) is 9.48 Å². The smallest absolute Gasteiger partial charge is 0.238 e. The number of para-hydroxylation sites is 1. The highest BCUT2D eigenvalue weighted by molar-refractivity contribution is 7.89. The van der Waals surface area contributed by atoms with Gasteiger partial charge in [0.25, 0.3) is 0 Å². The van der Waals surface area contributed by atoms with Crippen molar-refractivity contribution in [2.45, 2.75) is 24.8 Å². The maximum Gasteiger partial charge on any atom is 0.238 e. The minimum absolute atomic E-state index is 0.00369. The molecule has 2 aromatic carbocycles. The predicted octanol–water partition coefficient (Wildman–Crippen LogP) is 2.02. The Bertz CT molecular complexity index is 1020. The minimum Gasteiger partial charge on any atom is -0.326 e. The summed E-state index contributed by atoms with van der Waals surface area (Å²) in [6.07, 6.45) is 2.04. The normalized spacial score (nSPS) is 11.6. The molecule has 1 heterocycles. The molecule has 1 amide bonds. The van der Waals surface area contributed by atoms with Crippen LogP contribution in [0, 0.1) is 6.92 Å². The second-order valence-corrected chi connectivity index (χ2v) is 7.31. The van der Waals surface area contributed by atoms with E-state index in [0.29, 0.717) is 12.2 Å². The van der Waals surface area contributed by atoms with E-state index in [1.807, 2.05) is 29.8 Å². The van der Waals surface area contributed by atoms with Gasteiger partial charge in [-0.05, 0) is 36.8 Å². The van der Waals surface area contributed by atoms with E-state index in [4.69, 9.17) is 5.14 Å². The van der Waals surface area contributed by atoms with E-state index in [-0.39, 0.29) is 17.2 Å². The van der Waals surface area contributed by atoms with Crippen molar-refractivity contribution in [2.75, 3.05) is 5.32 Å². The van der Waals surface area contributed by atoms with Crippen molar-refractivity contribution in [3.05, 3.63) is 54.2 Å². The van der Waals surface area contributed by atoms with Gasteiger partial charge in [-0.2, -0.15) is 5.10 Å². The van der Waals surface area contributed by atoms with Crippen LogP contribution in [0.25, 0.3) is 10.9 Å². The van der Waals surface area contributed by atoms with E-state index in [1.54, 1.807) is 6.20 Å². The number of nitrogens with two attached hydrogens (primary N) is 1. The van der Waals surface area contributed by atoms with Crippen molar-refractivity contribution in [3.8, 4) is 0 Å². The highest BCUT2D eigenvalue weighted by Gasteiger charge is 2.10. The molecule has 0 aliphatic heterocycles. The molecule has 0 saturated heterocycles. The summed E-state index contributed by atoms with van der Waals surface area (Å²) in [6.45, 7) is 2.46. The molecular formula is C17H18N4O3S. The lowest BCUT2D eigenvalue weighted by molar-refractivity contribution is -0.116. The summed E-state index contributed by atoms with van der Waals surface area (Å²) in [7, 11) is -3.74. The Kier molecular flexibility index (Phi) is 4.56. The van der Waals surface area contributed by atoms with Crippen LogP contribution in [0.15, 0.2) is 53.6 Å². The van der Waals surface area contributed by atoms with Crippen molar-refractivity contribution in [1.29, 1.82) is 0 Å². The number of aryl methyl sites for hydroxylation is 2. The molecule has 0 aliphatic rings. The second kappa shape index (κ2) is 6.66. The topological polar surface area (TPSA) is 107 Å². The van der Waals surface area contributed by atoms with Crippen LogP contribution in [0.5, 0.6) is 0 Å². The van der Waals surface area contributed by atoms with Crippen LogP contribution in [0.4, 0.5) is 5.69 Å². The number of hydrogen-bond donors (Lipinski definition) is 2. The predicted molar refractivity (Wildman–Crippen MR) is 95.5 cm³/mol. The van der Waals surface area contributed by atoms with Crippen LogP contribution in [-0.2, 0) is 21.4 Å². The largest absolute Gasteiger partial charge is 0.326 e. The second-order valence-electron chi connectivity index (χ2n) is 5.75. The van der Waals surface area contributed by atoms with E-state index in [2.05, 4.69) is 10.4 Å². The fourth-order valence-electron chi connectivity index (χ4n) is 2.66. The lowest BCUT2D eigenvalue weighted by Gasteiger charge is -2.08. The van der Waals surface area contributed by atoms with Crippen LogP contribution in [0.3, 0.4) is 0 Å². The number of nitrogens with one attached hydrogen (secondary N) is 1. The number of anilines is 1. The van der Waals surface area contributed by atoms with E-state index in [1.165, 1.54) is 24.3 Å². The van der Waals surface area contributed by atoms with E-state index >= 15 is 0 Å². The molecule has 0 aliphatic carbocycles. The third-order valence-corrected chi connectivity index (χ3v) is 4.81. The number of benzene rings is 2. The minimum atomic E-state index is -3.74. The lowest BCUT2D eigenvalue weighted by Crippen LogP contribution is -2.15. The number of sulfonamides is 1. The lowest BCUT2D eigenvalue weighted by atomic mass is 10.2. The maximum atomic E-state index is 12.1. The van der Waals surface area contributed by atoms with Gasteiger partial charge in [0.15, 0.2) is 0 Å². The summed E-state index contributed by atoms with van der Waals surface area (Å²) in [5.74, 6) is -0.180. The fourth-order valence-corrected chi connectivity index (χ4v) is 3.17. The monoisotopic (exact) mass is 358 g/mol.